The standard InChI is InChI=1S/C5H9N3O/c1-2-4(9)5-6-3-7-8-5/h3-4,9H,2H2,1H3,(H,6,7,8)/t4-/m0/s1. The van der Waals surface area contributed by atoms with E-state index in [1.807, 2.05) is 6.92 Å². The molecule has 4 heteroatoms. The van der Waals surface area contributed by atoms with E-state index < -0.39 is 6.10 Å². The molecule has 1 atom stereocenters. The van der Waals surface area contributed by atoms with E-state index in [4.69, 9.17) is 5.11 Å². The summed E-state index contributed by atoms with van der Waals surface area (Å²) in [4.78, 5) is 3.77. The molecule has 0 saturated heterocycles. The van der Waals surface area contributed by atoms with Crippen LogP contribution in [0.2, 0.25) is 0 Å². The van der Waals surface area contributed by atoms with Crippen molar-refractivity contribution in [2.24, 2.45) is 0 Å². The lowest BCUT2D eigenvalue weighted by Gasteiger charge is -1.99. The molecule has 2 N–H and O–H groups in total. The number of aliphatic hydroxyl groups is 1. The minimum atomic E-state index is -0.493. The van der Waals surface area contributed by atoms with Gasteiger partial charge in [0.2, 0.25) is 0 Å². The maximum absolute atomic E-state index is 9.08. The molecule has 0 amide bonds. The Hall–Kier alpha value is -0.900. The Balaban J connectivity index is 2.65. The highest BCUT2D eigenvalue weighted by molar-refractivity contribution is 4.84. The second-order valence-electron chi connectivity index (χ2n) is 1.79. The molecule has 0 aromatic carbocycles. The Morgan fingerprint density at radius 1 is 1.89 bits per heavy atom. The van der Waals surface area contributed by atoms with Crippen LogP contribution in [-0.2, 0) is 0 Å². The summed E-state index contributed by atoms with van der Waals surface area (Å²) in [7, 11) is 0. The van der Waals surface area contributed by atoms with Gasteiger partial charge in [-0.05, 0) is 6.42 Å². The molecule has 0 radical (unpaired) electrons. The topological polar surface area (TPSA) is 61.8 Å². The highest BCUT2D eigenvalue weighted by Gasteiger charge is 2.05. The lowest BCUT2D eigenvalue weighted by molar-refractivity contribution is 0.164. The number of hydrogen-bond donors (Lipinski definition) is 2. The zero-order valence-electron chi connectivity index (χ0n) is 5.20. The molecular formula is C5H9N3O. The smallest absolute Gasteiger partial charge is 0.153 e. The number of nitrogens with zero attached hydrogens (tertiary/aromatic N) is 2. The van der Waals surface area contributed by atoms with Gasteiger partial charge in [-0.3, -0.25) is 5.10 Å². The summed E-state index contributed by atoms with van der Waals surface area (Å²) in [5, 5.41) is 15.3. The van der Waals surface area contributed by atoms with E-state index in [-0.39, 0.29) is 0 Å². The van der Waals surface area contributed by atoms with Crippen LogP contribution in [0, 0.1) is 0 Å². The van der Waals surface area contributed by atoms with Gasteiger partial charge in [0, 0.05) is 0 Å². The summed E-state index contributed by atoms with van der Waals surface area (Å²) >= 11 is 0. The van der Waals surface area contributed by atoms with Crippen LogP contribution in [-0.4, -0.2) is 20.3 Å². The van der Waals surface area contributed by atoms with E-state index in [1.165, 1.54) is 6.33 Å². The van der Waals surface area contributed by atoms with Gasteiger partial charge in [0.05, 0.1) is 0 Å². The minimum absolute atomic E-state index is 0.493. The van der Waals surface area contributed by atoms with Gasteiger partial charge in [0.15, 0.2) is 5.82 Å². The van der Waals surface area contributed by atoms with Crippen LogP contribution in [0.4, 0.5) is 0 Å². The third-order valence-electron chi connectivity index (χ3n) is 1.14. The molecule has 0 aliphatic rings. The van der Waals surface area contributed by atoms with Crippen LogP contribution < -0.4 is 0 Å². The Bertz CT molecular complexity index is 161. The summed E-state index contributed by atoms with van der Waals surface area (Å²) in [6, 6.07) is 0. The molecule has 0 fully saturated rings. The first-order chi connectivity index (χ1) is 4.34. The van der Waals surface area contributed by atoms with Gasteiger partial charge in [-0.1, -0.05) is 6.92 Å². The Labute approximate surface area is 52.9 Å². The van der Waals surface area contributed by atoms with Crippen molar-refractivity contribution in [1.29, 1.82) is 0 Å². The van der Waals surface area contributed by atoms with Gasteiger partial charge in [-0.2, -0.15) is 5.10 Å². The normalized spacial score (nSPS) is 13.6. The van der Waals surface area contributed by atoms with E-state index in [2.05, 4.69) is 15.2 Å². The first-order valence-corrected chi connectivity index (χ1v) is 2.88. The van der Waals surface area contributed by atoms with E-state index in [0.29, 0.717) is 12.2 Å². The van der Waals surface area contributed by atoms with Crippen LogP contribution in [0.25, 0.3) is 0 Å². The number of nitrogens with one attached hydrogen (secondary N) is 1. The molecule has 50 valence electrons. The van der Waals surface area contributed by atoms with Crippen LogP contribution in [0.1, 0.15) is 25.3 Å². The minimum Gasteiger partial charge on any atom is -0.385 e. The van der Waals surface area contributed by atoms with E-state index in [9.17, 15) is 0 Å². The first-order valence-electron chi connectivity index (χ1n) is 2.88. The van der Waals surface area contributed by atoms with Crippen molar-refractivity contribution in [3.63, 3.8) is 0 Å². The van der Waals surface area contributed by atoms with Crippen molar-refractivity contribution in [2.75, 3.05) is 0 Å². The van der Waals surface area contributed by atoms with Gasteiger partial charge < -0.3 is 5.11 Å². The second kappa shape index (κ2) is 2.59. The summed E-state index contributed by atoms with van der Waals surface area (Å²) in [5.74, 6) is 0.539. The Morgan fingerprint density at radius 2 is 2.67 bits per heavy atom. The van der Waals surface area contributed by atoms with Crippen molar-refractivity contribution in [2.45, 2.75) is 19.4 Å². The Morgan fingerprint density at radius 3 is 3.11 bits per heavy atom. The van der Waals surface area contributed by atoms with Crippen molar-refractivity contribution in [1.82, 2.24) is 15.2 Å². The largest absolute Gasteiger partial charge is 0.385 e. The number of hydrogen-bond acceptors (Lipinski definition) is 3. The van der Waals surface area contributed by atoms with Crippen LogP contribution in [0.5, 0.6) is 0 Å². The fourth-order valence-electron chi connectivity index (χ4n) is 0.569. The fraction of sp³-hybridized carbons (Fsp3) is 0.600. The van der Waals surface area contributed by atoms with Crippen molar-refractivity contribution >= 4 is 0 Å². The van der Waals surface area contributed by atoms with E-state index >= 15 is 0 Å². The van der Waals surface area contributed by atoms with Gasteiger partial charge in [0.25, 0.3) is 0 Å². The van der Waals surface area contributed by atoms with Crippen molar-refractivity contribution in [3.8, 4) is 0 Å². The van der Waals surface area contributed by atoms with Crippen LogP contribution in [0.15, 0.2) is 6.33 Å². The molecule has 0 spiro atoms. The predicted molar refractivity (Wildman–Crippen MR) is 31.6 cm³/mol. The van der Waals surface area contributed by atoms with Gasteiger partial charge >= 0.3 is 0 Å². The summed E-state index contributed by atoms with van der Waals surface area (Å²) in [6.07, 6.45) is 1.55. The lowest BCUT2D eigenvalue weighted by Crippen LogP contribution is -1.96. The molecule has 1 rings (SSSR count). The van der Waals surface area contributed by atoms with Crippen LogP contribution in [0.3, 0.4) is 0 Å². The maximum atomic E-state index is 9.08. The zero-order valence-corrected chi connectivity index (χ0v) is 5.20. The number of aliphatic hydroxyl groups excluding tert-OH is 1. The van der Waals surface area contributed by atoms with Gasteiger partial charge in [-0.25, -0.2) is 4.98 Å². The fourth-order valence-corrected chi connectivity index (χ4v) is 0.569. The molecule has 0 saturated carbocycles. The maximum Gasteiger partial charge on any atom is 0.153 e. The number of H-pyrrole nitrogens is 1. The molecule has 0 bridgehead atoms. The third-order valence-corrected chi connectivity index (χ3v) is 1.14. The molecule has 1 aromatic heterocycles. The van der Waals surface area contributed by atoms with Crippen molar-refractivity contribution < 1.29 is 5.11 Å². The number of rotatable bonds is 2. The molecule has 4 nitrogen and oxygen atoms in total. The first kappa shape index (κ1) is 6.22. The molecule has 0 unspecified atom stereocenters. The van der Waals surface area contributed by atoms with Crippen LogP contribution >= 0.6 is 0 Å². The highest BCUT2D eigenvalue weighted by atomic mass is 16.3. The third kappa shape index (κ3) is 1.26. The molecular weight excluding hydrogens is 118 g/mol. The molecule has 1 aromatic rings. The van der Waals surface area contributed by atoms with Gasteiger partial charge in [-0.15, -0.1) is 0 Å². The summed E-state index contributed by atoms with van der Waals surface area (Å²) in [5.41, 5.74) is 0. The zero-order chi connectivity index (χ0) is 6.69. The van der Waals surface area contributed by atoms with E-state index in [1.54, 1.807) is 0 Å². The summed E-state index contributed by atoms with van der Waals surface area (Å²) < 4.78 is 0. The molecule has 9 heavy (non-hydrogen) atoms. The average Bonchev–Trinajstić information content (AvgIpc) is 2.37. The molecule has 1 heterocycles. The quantitative estimate of drug-likeness (QED) is 0.598. The average molecular weight is 127 g/mol. The SMILES string of the molecule is CC[C@H](O)c1ncn[nH]1. The van der Waals surface area contributed by atoms with Crippen molar-refractivity contribution in [3.05, 3.63) is 12.2 Å². The number of aromatic amines is 1. The molecule has 0 aliphatic carbocycles. The summed E-state index contributed by atoms with van der Waals surface area (Å²) in [6.45, 7) is 1.88. The Kier molecular flexibility index (Phi) is 1.79. The van der Waals surface area contributed by atoms with Gasteiger partial charge in [0.1, 0.15) is 12.4 Å². The highest BCUT2D eigenvalue weighted by Crippen LogP contribution is 2.07. The monoisotopic (exact) mass is 127 g/mol. The second-order valence-corrected chi connectivity index (χ2v) is 1.79. The molecule has 0 aliphatic heterocycles. The lowest BCUT2D eigenvalue weighted by atomic mass is 10.3. The number of aromatic nitrogens is 3. The predicted octanol–water partition coefficient (Wildman–Crippen LogP) is 0.248. The van der Waals surface area contributed by atoms with E-state index in [0.717, 1.165) is 0 Å².